The van der Waals surface area contributed by atoms with Crippen LogP contribution in [0.4, 0.5) is 0 Å². The fourth-order valence-corrected chi connectivity index (χ4v) is 1.84. The highest BCUT2D eigenvalue weighted by Crippen LogP contribution is 2.10. The van der Waals surface area contributed by atoms with E-state index in [2.05, 4.69) is 6.58 Å². The summed E-state index contributed by atoms with van der Waals surface area (Å²) < 4.78 is 0.560. The summed E-state index contributed by atoms with van der Waals surface area (Å²) in [5, 5.41) is 9.69. The van der Waals surface area contributed by atoms with Gasteiger partial charge in [0.1, 0.15) is 13.1 Å². The first kappa shape index (κ1) is 16.8. The lowest BCUT2D eigenvalue weighted by Crippen LogP contribution is -3.00. The maximum Gasteiger partial charge on any atom is 0.189 e. The fraction of sp³-hybridized carbons (Fsp3) is 0.357. The number of aliphatic hydroxyl groups excluding tert-OH is 1. The molecule has 100 valence electrons. The highest BCUT2D eigenvalue weighted by Gasteiger charge is 2.24. The minimum absolute atomic E-state index is 0. The quantitative estimate of drug-likeness (QED) is 0.498. The first-order valence-electron chi connectivity index (χ1n) is 5.65. The van der Waals surface area contributed by atoms with Crippen molar-refractivity contribution in [3.05, 3.63) is 48.6 Å². The van der Waals surface area contributed by atoms with Gasteiger partial charge in [-0.3, -0.25) is 4.79 Å². The predicted octanol–water partition coefficient (Wildman–Crippen LogP) is -1.62. The van der Waals surface area contributed by atoms with Gasteiger partial charge in [-0.1, -0.05) is 36.9 Å². The van der Waals surface area contributed by atoms with E-state index in [4.69, 9.17) is 0 Å². The van der Waals surface area contributed by atoms with Crippen LogP contribution in [-0.2, 0) is 11.3 Å². The average molecular weight is 270 g/mol. The van der Waals surface area contributed by atoms with Crippen LogP contribution in [0, 0.1) is 0 Å². The first-order chi connectivity index (χ1) is 7.94. The van der Waals surface area contributed by atoms with Gasteiger partial charge in [-0.2, -0.15) is 0 Å². The first-order valence-corrected chi connectivity index (χ1v) is 5.65. The Morgan fingerprint density at radius 1 is 1.39 bits per heavy atom. The van der Waals surface area contributed by atoms with Crippen LogP contribution in [0.3, 0.4) is 0 Å². The lowest BCUT2D eigenvalue weighted by atomic mass is 10.1. The molecule has 0 fully saturated rings. The topological polar surface area (TPSA) is 37.3 Å². The Labute approximate surface area is 115 Å². The molecule has 0 saturated heterocycles. The van der Waals surface area contributed by atoms with E-state index in [0.29, 0.717) is 11.0 Å². The Morgan fingerprint density at radius 2 is 1.94 bits per heavy atom. The van der Waals surface area contributed by atoms with Crippen LogP contribution in [0.5, 0.6) is 0 Å². The zero-order valence-corrected chi connectivity index (χ0v) is 11.6. The van der Waals surface area contributed by atoms with Gasteiger partial charge in [0, 0.05) is 5.56 Å². The lowest BCUT2D eigenvalue weighted by molar-refractivity contribution is -0.905. The van der Waals surface area contributed by atoms with Gasteiger partial charge in [0.2, 0.25) is 0 Å². The third-order valence-electron chi connectivity index (χ3n) is 2.65. The number of aliphatic hydroxyl groups is 1. The van der Waals surface area contributed by atoms with Crippen LogP contribution >= 0.6 is 0 Å². The Hall–Kier alpha value is -1.16. The van der Waals surface area contributed by atoms with Crippen LogP contribution in [0.1, 0.15) is 5.56 Å². The van der Waals surface area contributed by atoms with E-state index < -0.39 is 6.10 Å². The van der Waals surface area contributed by atoms with Crippen molar-refractivity contribution < 1.29 is 26.8 Å². The maximum absolute atomic E-state index is 11.3. The minimum Gasteiger partial charge on any atom is -1.00 e. The monoisotopic (exact) mass is 269 g/mol. The second-order valence-corrected chi connectivity index (χ2v) is 4.88. The summed E-state index contributed by atoms with van der Waals surface area (Å²) in [6, 6.07) is 10.0. The van der Waals surface area contributed by atoms with Crippen molar-refractivity contribution in [2.45, 2.75) is 12.6 Å². The van der Waals surface area contributed by atoms with E-state index in [9.17, 15) is 9.90 Å². The number of quaternary nitrogens is 1. The molecule has 0 spiro atoms. The zero-order valence-electron chi connectivity index (χ0n) is 10.8. The number of benzene rings is 1. The standard InChI is InChI=1S/C14H20NO2.ClH/c1-4-13(16)14(17)11-15(2,3)10-12-8-6-5-7-9-12;/h4-9,14,17H,1,10-11H2,2-3H3;1H/q+1;/p-1. The molecule has 0 heterocycles. The molecular weight excluding hydrogens is 250 g/mol. The second-order valence-electron chi connectivity index (χ2n) is 4.88. The number of carbonyl (C=O) groups excluding carboxylic acids is 1. The number of rotatable bonds is 6. The molecule has 0 aliphatic carbocycles. The smallest absolute Gasteiger partial charge is 0.189 e. The molecule has 1 aromatic rings. The zero-order chi connectivity index (χ0) is 12.9. The van der Waals surface area contributed by atoms with Crippen molar-refractivity contribution in [1.82, 2.24) is 0 Å². The number of ketones is 1. The summed E-state index contributed by atoms with van der Waals surface area (Å²) in [6.07, 6.45) is 0.207. The van der Waals surface area contributed by atoms with E-state index in [0.717, 1.165) is 6.54 Å². The number of carbonyl (C=O) groups is 1. The highest BCUT2D eigenvalue weighted by molar-refractivity contribution is 5.92. The van der Waals surface area contributed by atoms with Gasteiger partial charge in [0.15, 0.2) is 11.9 Å². The summed E-state index contributed by atoms with van der Waals surface area (Å²) in [5.41, 5.74) is 1.19. The number of nitrogens with zero attached hydrogens (tertiary/aromatic N) is 1. The summed E-state index contributed by atoms with van der Waals surface area (Å²) in [5.74, 6) is -0.315. The molecule has 4 heteroatoms. The molecule has 0 radical (unpaired) electrons. The van der Waals surface area contributed by atoms with Crippen LogP contribution in [-0.4, -0.2) is 42.1 Å². The van der Waals surface area contributed by atoms with Gasteiger partial charge in [0.25, 0.3) is 0 Å². The van der Waals surface area contributed by atoms with Gasteiger partial charge in [-0.15, -0.1) is 0 Å². The fourth-order valence-electron chi connectivity index (χ4n) is 1.84. The van der Waals surface area contributed by atoms with Gasteiger partial charge < -0.3 is 22.0 Å². The molecule has 1 rings (SSSR count). The van der Waals surface area contributed by atoms with E-state index in [1.165, 1.54) is 11.6 Å². The summed E-state index contributed by atoms with van der Waals surface area (Å²) in [6.45, 7) is 4.55. The summed E-state index contributed by atoms with van der Waals surface area (Å²) in [4.78, 5) is 11.3. The average Bonchev–Trinajstić information content (AvgIpc) is 2.27. The molecule has 0 amide bonds. The molecular formula is C14H20ClNO2. The van der Waals surface area contributed by atoms with Crippen LogP contribution in [0.15, 0.2) is 43.0 Å². The normalized spacial score (nSPS) is 12.4. The van der Waals surface area contributed by atoms with Crippen molar-refractivity contribution in [3.63, 3.8) is 0 Å². The molecule has 0 aliphatic rings. The van der Waals surface area contributed by atoms with Crippen molar-refractivity contribution in [3.8, 4) is 0 Å². The summed E-state index contributed by atoms with van der Waals surface area (Å²) in [7, 11) is 3.99. The van der Waals surface area contributed by atoms with E-state index in [-0.39, 0.29) is 18.2 Å². The van der Waals surface area contributed by atoms with Crippen LogP contribution in [0.25, 0.3) is 0 Å². The molecule has 1 N–H and O–H groups in total. The van der Waals surface area contributed by atoms with Gasteiger partial charge >= 0.3 is 0 Å². The third-order valence-corrected chi connectivity index (χ3v) is 2.65. The minimum atomic E-state index is -0.966. The largest absolute Gasteiger partial charge is 1.00 e. The van der Waals surface area contributed by atoms with Gasteiger partial charge in [0.05, 0.1) is 14.1 Å². The summed E-state index contributed by atoms with van der Waals surface area (Å²) >= 11 is 0. The van der Waals surface area contributed by atoms with E-state index in [1.54, 1.807) is 0 Å². The number of halogens is 1. The lowest BCUT2D eigenvalue weighted by Gasteiger charge is -2.31. The van der Waals surface area contributed by atoms with Gasteiger partial charge in [-0.05, 0) is 6.08 Å². The Morgan fingerprint density at radius 3 is 2.44 bits per heavy atom. The number of hydrogen-bond acceptors (Lipinski definition) is 2. The highest BCUT2D eigenvalue weighted by atomic mass is 35.5. The van der Waals surface area contributed by atoms with Crippen molar-refractivity contribution >= 4 is 5.78 Å². The van der Waals surface area contributed by atoms with Crippen LogP contribution < -0.4 is 12.4 Å². The maximum atomic E-state index is 11.3. The van der Waals surface area contributed by atoms with Crippen molar-refractivity contribution in [2.75, 3.05) is 20.6 Å². The third kappa shape index (κ3) is 5.45. The van der Waals surface area contributed by atoms with Gasteiger partial charge in [-0.25, -0.2) is 0 Å². The SMILES string of the molecule is C=CC(=O)C(O)C[N+](C)(C)Cc1ccccc1.[Cl-]. The molecule has 1 atom stereocenters. The number of hydrogen-bond donors (Lipinski definition) is 1. The predicted molar refractivity (Wildman–Crippen MR) is 68.3 cm³/mol. The number of likely N-dealkylation sites (N-methyl/N-ethyl adjacent to an activating group) is 1. The Kier molecular flexibility index (Phi) is 6.84. The molecule has 0 aromatic heterocycles. The van der Waals surface area contributed by atoms with E-state index >= 15 is 0 Å². The van der Waals surface area contributed by atoms with E-state index in [1.807, 2.05) is 44.4 Å². The molecule has 0 bridgehead atoms. The second kappa shape index (κ2) is 7.31. The molecule has 0 aliphatic heterocycles. The molecule has 18 heavy (non-hydrogen) atoms. The molecule has 3 nitrogen and oxygen atoms in total. The van der Waals surface area contributed by atoms with Crippen molar-refractivity contribution in [2.24, 2.45) is 0 Å². The molecule has 0 saturated carbocycles. The van der Waals surface area contributed by atoms with Crippen molar-refractivity contribution in [1.29, 1.82) is 0 Å². The Bertz CT molecular complexity index is 390. The Balaban J connectivity index is 0.00000289. The van der Waals surface area contributed by atoms with Crippen LogP contribution in [0.2, 0.25) is 0 Å². The molecule has 1 unspecified atom stereocenters. The molecule has 1 aromatic carbocycles.